The first-order chi connectivity index (χ1) is 17.0. The Morgan fingerprint density at radius 1 is 1.20 bits per heavy atom. The lowest BCUT2D eigenvalue weighted by Crippen LogP contribution is -2.62. The molecule has 0 spiro atoms. The summed E-state index contributed by atoms with van der Waals surface area (Å²) in [4.78, 5) is 39.1. The Bertz CT molecular complexity index is 1480. The van der Waals surface area contributed by atoms with E-state index in [9.17, 15) is 20.1 Å². The first-order valence-corrected chi connectivity index (χ1v) is 11.5. The van der Waals surface area contributed by atoms with Crippen molar-refractivity contribution in [2.24, 2.45) is 7.05 Å². The molecule has 0 radical (unpaired) electrons. The first kappa shape index (κ1) is 22.4. The molecule has 3 amide bonds. The molecule has 3 aromatic rings. The smallest absolute Gasteiger partial charge is 0.332 e. The number of nitriles is 2. The maximum absolute atomic E-state index is 13.8. The molecule has 5 heterocycles. The summed E-state index contributed by atoms with van der Waals surface area (Å²) < 4.78 is 6.85. The van der Waals surface area contributed by atoms with Gasteiger partial charge in [0, 0.05) is 35.6 Å². The topological polar surface area (TPSA) is 141 Å². The van der Waals surface area contributed by atoms with Gasteiger partial charge in [-0.25, -0.2) is 14.7 Å². The Kier molecular flexibility index (Phi) is 5.59. The average molecular weight is 487 g/mol. The van der Waals surface area contributed by atoms with Gasteiger partial charge in [0.25, 0.3) is 5.91 Å². The maximum atomic E-state index is 13.8. The van der Waals surface area contributed by atoms with Crippen molar-refractivity contribution >= 4 is 45.2 Å². The van der Waals surface area contributed by atoms with E-state index in [0.717, 1.165) is 4.90 Å². The quantitative estimate of drug-likeness (QED) is 0.531. The van der Waals surface area contributed by atoms with Crippen molar-refractivity contribution in [2.45, 2.75) is 17.7 Å². The number of pyridine rings is 2. The molecule has 1 fully saturated rings. The van der Waals surface area contributed by atoms with Crippen LogP contribution in [0.3, 0.4) is 0 Å². The maximum Gasteiger partial charge on any atom is 0.332 e. The third-order valence-corrected chi connectivity index (χ3v) is 7.29. The number of nitrogens with zero attached hydrogens (tertiary/aromatic N) is 8. The number of ether oxygens (including phenoxy) is 1. The highest BCUT2D eigenvalue weighted by Gasteiger charge is 2.50. The number of rotatable bonds is 5. The van der Waals surface area contributed by atoms with E-state index in [0.29, 0.717) is 32.8 Å². The second-order valence-electron chi connectivity index (χ2n) is 7.87. The predicted molar refractivity (Wildman–Crippen MR) is 127 cm³/mol. The number of hydrogen-bond donors (Lipinski definition) is 0. The van der Waals surface area contributed by atoms with E-state index in [1.165, 1.54) is 36.2 Å². The van der Waals surface area contributed by atoms with Gasteiger partial charge in [0.15, 0.2) is 0 Å². The van der Waals surface area contributed by atoms with Gasteiger partial charge >= 0.3 is 6.03 Å². The highest BCUT2D eigenvalue weighted by molar-refractivity contribution is 8.09. The molecule has 174 valence electrons. The first-order valence-electron chi connectivity index (χ1n) is 10.6. The minimum absolute atomic E-state index is 0.100. The van der Waals surface area contributed by atoms with Gasteiger partial charge in [0.05, 0.1) is 55.4 Å². The summed E-state index contributed by atoms with van der Waals surface area (Å²) >= 11 is 1.26. The molecular weight excluding hydrogens is 468 g/mol. The number of imide groups is 1. The number of carbonyl (C=O) groups excluding carboxylic acids is 2. The zero-order valence-corrected chi connectivity index (χ0v) is 19.6. The third kappa shape index (κ3) is 3.55. The lowest BCUT2D eigenvalue weighted by atomic mass is 10.0. The lowest BCUT2D eigenvalue weighted by molar-refractivity contribution is -0.119. The minimum Gasteiger partial charge on any atom is -0.495 e. The molecular formula is C23H18N8O3S. The number of hydrogen-bond acceptors (Lipinski definition) is 9. The Morgan fingerprint density at radius 2 is 2.03 bits per heavy atom. The number of thioether (sulfide) groups is 1. The van der Waals surface area contributed by atoms with Gasteiger partial charge in [-0.1, -0.05) is 0 Å². The van der Waals surface area contributed by atoms with Crippen LogP contribution in [0.1, 0.15) is 17.7 Å². The van der Waals surface area contributed by atoms with E-state index >= 15 is 0 Å². The number of aryl methyl sites for hydroxylation is 1. The molecule has 2 atom stereocenters. The fourth-order valence-electron chi connectivity index (χ4n) is 4.32. The van der Waals surface area contributed by atoms with Crippen LogP contribution in [0.5, 0.6) is 5.75 Å². The van der Waals surface area contributed by atoms with Gasteiger partial charge in [0.2, 0.25) is 0 Å². The molecule has 0 bridgehead atoms. The number of urea groups is 1. The molecule has 2 aliphatic rings. The van der Waals surface area contributed by atoms with Crippen molar-refractivity contribution in [3.05, 3.63) is 48.2 Å². The monoisotopic (exact) mass is 486 g/mol. The van der Waals surface area contributed by atoms with E-state index < -0.39 is 23.2 Å². The molecule has 2 aliphatic heterocycles. The largest absolute Gasteiger partial charge is 0.495 e. The van der Waals surface area contributed by atoms with Gasteiger partial charge in [-0.2, -0.15) is 15.6 Å². The second-order valence-corrected chi connectivity index (χ2v) is 9.05. The standard InChI is InChI=1S/C23H18N8O3S/c1-29-20-13(10-28-29)9-26-12-18(20)31-22(32)21-17(30(23(31)33)5-3-4-24)7-19(35-21)15-6-14(34-2)11-27-16(15)8-25/h6-7,9-12,17,21H,3,5H2,1-2H3. The van der Waals surface area contributed by atoms with Gasteiger partial charge in [-0.3, -0.25) is 14.5 Å². The van der Waals surface area contributed by atoms with E-state index in [-0.39, 0.29) is 18.7 Å². The zero-order chi connectivity index (χ0) is 24.7. The van der Waals surface area contributed by atoms with Crippen LogP contribution in [0.4, 0.5) is 10.5 Å². The van der Waals surface area contributed by atoms with Crippen molar-refractivity contribution in [1.82, 2.24) is 24.6 Å². The SMILES string of the molecule is COc1cnc(C#N)c(C2=CC3C(S2)C(=O)N(c2cncc4cnn(C)c24)C(=O)N3CCC#N)c1. The van der Waals surface area contributed by atoms with Gasteiger partial charge < -0.3 is 9.64 Å². The Hall–Kier alpha value is -4.42. The summed E-state index contributed by atoms with van der Waals surface area (Å²) in [5.41, 5.74) is 1.63. The number of anilines is 1. The van der Waals surface area contributed by atoms with Crippen LogP contribution >= 0.6 is 11.8 Å². The van der Waals surface area contributed by atoms with Crippen LogP contribution < -0.4 is 9.64 Å². The van der Waals surface area contributed by atoms with Crippen LogP contribution in [-0.4, -0.2) is 61.5 Å². The Morgan fingerprint density at radius 3 is 2.77 bits per heavy atom. The highest BCUT2D eigenvalue weighted by Crippen LogP contribution is 2.46. The van der Waals surface area contributed by atoms with Gasteiger partial charge in [0.1, 0.15) is 22.8 Å². The molecule has 2 unspecified atom stereocenters. The van der Waals surface area contributed by atoms with Crippen LogP contribution in [0.15, 0.2) is 36.9 Å². The minimum atomic E-state index is -0.678. The number of amides is 3. The molecule has 5 rings (SSSR count). The number of fused-ring (bicyclic) bond motifs is 2. The fraction of sp³-hybridized carbons (Fsp3) is 0.261. The summed E-state index contributed by atoms with van der Waals surface area (Å²) in [6.07, 6.45) is 8.04. The molecule has 0 saturated carbocycles. The van der Waals surface area contributed by atoms with Crippen LogP contribution in [0.2, 0.25) is 0 Å². The molecule has 0 aromatic carbocycles. The molecule has 12 heteroatoms. The Balaban J connectivity index is 1.60. The van der Waals surface area contributed by atoms with Crippen molar-refractivity contribution in [3.63, 3.8) is 0 Å². The summed E-state index contributed by atoms with van der Waals surface area (Å²) in [5, 5.41) is 23.0. The predicted octanol–water partition coefficient (Wildman–Crippen LogP) is 2.45. The summed E-state index contributed by atoms with van der Waals surface area (Å²) in [6, 6.07) is 4.70. The van der Waals surface area contributed by atoms with E-state index in [4.69, 9.17) is 4.74 Å². The summed E-state index contributed by atoms with van der Waals surface area (Å²) in [6.45, 7) is 0.140. The molecule has 1 saturated heterocycles. The fourth-order valence-corrected chi connectivity index (χ4v) is 5.66. The van der Waals surface area contributed by atoms with Gasteiger partial charge in [-0.05, 0) is 12.1 Å². The van der Waals surface area contributed by atoms with E-state index in [2.05, 4.69) is 27.2 Å². The van der Waals surface area contributed by atoms with Gasteiger partial charge in [-0.15, -0.1) is 11.8 Å². The third-order valence-electron chi connectivity index (χ3n) is 5.94. The number of aromatic nitrogens is 4. The molecule has 3 aromatic heterocycles. The summed E-state index contributed by atoms with van der Waals surface area (Å²) in [5.74, 6) is 0.0593. The van der Waals surface area contributed by atoms with Crippen molar-refractivity contribution in [2.75, 3.05) is 18.6 Å². The zero-order valence-electron chi connectivity index (χ0n) is 18.7. The van der Waals surface area contributed by atoms with E-state index in [1.807, 2.05) is 0 Å². The lowest BCUT2D eigenvalue weighted by Gasteiger charge is -2.40. The average Bonchev–Trinajstić information content (AvgIpc) is 3.48. The van der Waals surface area contributed by atoms with Crippen molar-refractivity contribution in [1.29, 1.82) is 10.5 Å². The van der Waals surface area contributed by atoms with Crippen LogP contribution in [-0.2, 0) is 11.8 Å². The molecule has 11 nitrogen and oxygen atoms in total. The Labute approximate surface area is 204 Å². The molecule has 0 aliphatic carbocycles. The van der Waals surface area contributed by atoms with Crippen molar-refractivity contribution < 1.29 is 14.3 Å². The van der Waals surface area contributed by atoms with Crippen LogP contribution in [0, 0.1) is 22.7 Å². The number of carbonyl (C=O) groups is 2. The number of methoxy groups -OCH3 is 1. The normalized spacial score (nSPS) is 19.4. The summed E-state index contributed by atoms with van der Waals surface area (Å²) in [7, 11) is 3.23. The highest BCUT2D eigenvalue weighted by atomic mass is 32.2. The molecule has 0 N–H and O–H groups in total. The second kappa shape index (κ2) is 8.74. The van der Waals surface area contributed by atoms with Crippen LogP contribution in [0.25, 0.3) is 15.8 Å². The molecule has 35 heavy (non-hydrogen) atoms. The van der Waals surface area contributed by atoms with E-state index in [1.54, 1.807) is 36.3 Å². The van der Waals surface area contributed by atoms with Crippen molar-refractivity contribution in [3.8, 4) is 17.9 Å².